The number of urea groups is 1. The summed E-state index contributed by atoms with van der Waals surface area (Å²) in [7, 11) is 0. The molecule has 4 unspecified atom stereocenters. The molecule has 4 rings (SSSR count). The van der Waals surface area contributed by atoms with E-state index in [1.54, 1.807) is 0 Å². The van der Waals surface area contributed by atoms with Crippen LogP contribution in [0.3, 0.4) is 0 Å². The minimum absolute atomic E-state index is 0.0687. The van der Waals surface area contributed by atoms with Gasteiger partial charge in [0.1, 0.15) is 0 Å². The van der Waals surface area contributed by atoms with E-state index in [9.17, 15) is 4.79 Å². The number of rotatable bonds is 4. The summed E-state index contributed by atoms with van der Waals surface area (Å²) in [6.07, 6.45) is 6.51. The number of benzene rings is 1. The van der Waals surface area contributed by atoms with Gasteiger partial charge in [0.05, 0.1) is 0 Å². The fraction of sp³-hybridized carbons (Fsp3) is 0.556. The van der Waals surface area contributed by atoms with E-state index in [-0.39, 0.29) is 12.0 Å². The van der Waals surface area contributed by atoms with Crippen LogP contribution in [0.4, 0.5) is 10.5 Å². The first-order valence-corrected chi connectivity index (χ1v) is 8.77. The average Bonchev–Trinajstić information content (AvgIpc) is 3.08. The highest BCUT2D eigenvalue weighted by atomic mass is 16.2. The minimum atomic E-state index is -0.0842. The van der Waals surface area contributed by atoms with Crippen molar-refractivity contribution in [1.29, 1.82) is 5.41 Å². The lowest BCUT2D eigenvalue weighted by Crippen LogP contribution is -2.45. The largest absolute Gasteiger partial charge is 0.370 e. The molecule has 6 heteroatoms. The number of fused-ring (bicyclic) bond motifs is 1. The summed E-state index contributed by atoms with van der Waals surface area (Å²) >= 11 is 0. The molecule has 1 aromatic carbocycles. The smallest absolute Gasteiger partial charge is 0.315 e. The highest BCUT2D eigenvalue weighted by Crippen LogP contribution is 2.70. The first-order valence-electron chi connectivity index (χ1n) is 8.77. The van der Waals surface area contributed by atoms with Crippen molar-refractivity contribution in [3.8, 4) is 0 Å². The molecule has 128 valence electrons. The molecule has 6 N–H and O–H groups in total. The number of guanidine groups is 1. The monoisotopic (exact) mass is 327 g/mol. The Morgan fingerprint density at radius 1 is 1.21 bits per heavy atom. The first kappa shape index (κ1) is 15.3. The maximum atomic E-state index is 12.2. The van der Waals surface area contributed by atoms with Crippen LogP contribution in [0.25, 0.3) is 0 Å². The molecule has 1 aromatic rings. The Morgan fingerprint density at radius 2 is 2.00 bits per heavy atom. The molecule has 0 radical (unpaired) electrons. The Bertz CT molecular complexity index is 658. The average molecular weight is 327 g/mol. The van der Waals surface area contributed by atoms with Crippen LogP contribution in [0.5, 0.6) is 0 Å². The second-order valence-corrected chi connectivity index (χ2v) is 7.77. The summed E-state index contributed by atoms with van der Waals surface area (Å²) in [5.74, 6) is 1.71. The van der Waals surface area contributed by atoms with Crippen molar-refractivity contribution >= 4 is 17.7 Å². The van der Waals surface area contributed by atoms with Gasteiger partial charge in [0.25, 0.3) is 0 Å². The maximum Gasteiger partial charge on any atom is 0.315 e. The van der Waals surface area contributed by atoms with Crippen LogP contribution in [-0.2, 0) is 6.54 Å². The minimum Gasteiger partial charge on any atom is -0.370 e. The molecule has 4 atom stereocenters. The summed E-state index contributed by atoms with van der Waals surface area (Å²) in [5.41, 5.74) is 7.68. The van der Waals surface area contributed by atoms with E-state index in [1.165, 1.54) is 25.7 Å². The molecular formula is C18H25N5O. The van der Waals surface area contributed by atoms with Crippen molar-refractivity contribution in [1.82, 2.24) is 10.6 Å². The van der Waals surface area contributed by atoms with Gasteiger partial charge in [-0.1, -0.05) is 12.1 Å². The van der Waals surface area contributed by atoms with Crippen LogP contribution in [0.1, 0.15) is 37.7 Å². The molecule has 0 aliphatic heterocycles. The quantitative estimate of drug-likeness (QED) is 0.433. The number of carbonyl (C=O) groups excluding carboxylic acids is 1. The van der Waals surface area contributed by atoms with E-state index in [1.807, 2.05) is 24.3 Å². The Hall–Kier alpha value is -2.24. The first-order chi connectivity index (χ1) is 11.5. The van der Waals surface area contributed by atoms with Crippen molar-refractivity contribution in [3.05, 3.63) is 29.8 Å². The summed E-state index contributed by atoms with van der Waals surface area (Å²) < 4.78 is 0. The molecule has 0 heterocycles. The van der Waals surface area contributed by atoms with Gasteiger partial charge in [0.15, 0.2) is 5.96 Å². The van der Waals surface area contributed by atoms with Gasteiger partial charge in [-0.15, -0.1) is 0 Å². The molecular weight excluding hydrogens is 302 g/mol. The van der Waals surface area contributed by atoms with Crippen molar-refractivity contribution in [2.24, 2.45) is 23.0 Å². The second kappa shape index (κ2) is 5.69. The normalized spacial score (nSPS) is 32.6. The molecule has 2 amide bonds. The highest BCUT2D eigenvalue weighted by molar-refractivity contribution is 5.89. The van der Waals surface area contributed by atoms with Crippen molar-refractivity contribution < 1.29 is 4.79 Å². The molecule has 3 aliphatic rings. The summed E-state index contributed by atoms with van der Waals surface area (Å²) in [6, 6.07) is 7.81. The van der Waals surface area contributed by atoms with E-state index in [2.05, 4.69) is 16.0 Å². The van der Waals surface area contributed by atoms with Crippen LogP contribution in [-0.4, -0.2) is 18.0 Å². The van der Waals surface area contributed by atoms with Crippen molar-refractivity contribution in [2.75, 3.05) is 5.32 Å². The van der Waals surface area contributed by atoms with Gasteiger partial charge in [-0.2, -0.15) is 0 Å². The molecule has 3 saturated carbocycles. The van der Waals surface area contributed by atoms with E-state index in [4.69, 9.17) is 11.1 Å². The molecule has 6 nitrogen and oxygen atoms in total. The van der Waals surface area contributed by atoms with Crippen molar-refractivity contribution in [3.63, 3.8) is 0 Å². The molecule has 1 spiro atoms. The van der Waals surface area contributed by atoms with Crippen LogP contribution in [0.2, 0.25) is 0 Å². The molecule has 2 bridgehead atoms. The van der Waals surface area contributed by atoms with Gasteiger partial charge >= 0.3 is 6.03 Å². The third-order valence-corrected chi connectivity index (χ3v) is 5.96. The Kier molecular flexibility index (Phi) is 3.62. The second-order valence-electron chi connectivity index (χ2n) is 7.77. The summed E-state index contributed by atoms with van der Waals surface area (Å²) in [6.45, 7) is 0.496. The zero-order valence-electron chi connectivity index (χ0n) is 13.8. The SMILES string of the molecule is N=C(N)Nc1ccc(CNC(=O)NC2CC3CC4CC4(C3)C2)cc1. The number of nitrogens with one attached hydrogen (secondary N) is 4. The highest BCUT2D eigenvalue weighted by Gasteiger charge is 2.62. The van der Waals surface area contributed by atoms with E-state index in [0.29, 0.717) is 18.0 Å². The predicted molar refractivity (Wildman–Crippen MR) is 93.6 cm³/mol. The Balaban J connectivity index is 1.24. The van der Waals surface area contributed by atoms with Crippen LogP contribution in [0, 0.1) is 22.7 Å². The maximum absolute atomic E-state index is 12.2. The fourth-order valence-electron chi connectivity index (χ4n) is 4.96. The van der Waals surface area contributed by atoms with Gasteiger partial charge in [0, 0.05) is 18.3 Å². The van der Waals surface area contributed by atoms with Crippen molar-refractivity contribution in [2.45, 2.75) is 44.7 Å². The third kappa shape index (κ3) is 3.05. The zero-order valence-corrected chi connectivity index (χ0v) is 13.8. The number of carbonyl (C=O) groups is 1. The number of hydrogen-bond donors (Lipinski definition) is 5. The fourth-order valence-corrected chi connectivity index (χ4v) is 4.96. The summed E-state index contributed by atoms with van der Waals surface area (Å²) in [5, 5.41) is 16.0. The molecule has 0 saturated heterocycles. The molecule has 3 fully saturated rings. The zero-order chi connectivity index (χ0) is 16.7. The Labute approximate surface area is 142 Å². The lowest BCUT2D eigenvalue weighted by atomic mass is 9.80. The van der Waals surface area contributed by atoms with E-state index < -0.39 is 0 Å². The Morgan fingerprint density at radius 3 is 2.71 bits per heavy atom. The molecule has 3 aliphatic carbocycles. The number of nitrogens with two attached hydrogens (primary N) is 1. The predicted octanol–water partition coefficient (Wildman–Crippen LogP) is 2.37. The number of hydrogen-bond acceptors (Lipinski definition) is 2. The number of anilines is 1. The van der Waals surface area contributed by atoms with Crippen LogP contribution < -0.4 is 21.7 Å². The lowest BCUT2D eigenvalue weighted by Gasteiger charge is -2.31. The number of amides is 2. The van der Waals surface area contributed by atoms with Gasteiger partial charge in [-0.3, -0.25) is 5.41 Å². The van der Waals surface area contributed by atoms with Gasteiger partial charge in [-0.05, 0) is 67.1 Å². The van der Waals surface area contributed by atoms with Gasteiger partial charge in [0.2, 0.25) is 0 Å². The van der Waals surface area contributed by atoms with Gasteiger partial charge < -0.3 is 21.7 Å². The van der Waals surface area contributed by atoms with Crippen LogP contribution in [0.15, 0.2) is 24.3 Å². The molecule has 0 aromatic heterocycles. The summed E-state index contributed by atoms with van der Waals surface area (Å²) in [4.78, 5) is 12.2. The van der Waals surface area contributed by atoms with Crippen LogP contribution >= 0.6 is 0 Å². The third-order valence-electron chi connectivity index (χ3n) is 5.96. The van der Waals surface area contributed by atoms with E-state index >= 15 is 0 Å². The van der Waals surface area contributed by atoms with Gasteiger partial charge in [-0.25, -0.2) is 4.79 Å². The lowest BCUT2D eigenvalue weighted by molar-refractivity contribution is 0.212. The topological polar surface area (TPSA) is 103 Å². The molecule has 24 heavy (non-hydrogen) atoms. The van der Waals surface area contributed by atoms with E-state index in [0.717, 1.165) is 29.5 Å². The standard InChI is InChI=1S/C18H25N5O/c19-16(20)22-14-3-1-11(2-4-14)10-21-17(24)23-15-6-12-5-13-8-18(13,7-12)9-15/h1-4,12-13,15H,5-10H2,(H4,19,20,22)(H2,21,23,24).